The van der Waals surface area contributed by atoms with E-state index in [0.29, 0.717) is 5.76 Å². The number of ether oxygens (including phenoxy) is 2. The number of furan rings is 1. The Morgan fingerprint density at radius 2 is 1.86 bits per heavy atom. The first kappa shape index (κ1) is 23.2. The lowest BCUT2D eigenvalue weighted by molar-refractivity contribution is -0.385. The fourth-order valence-corrected chi connectivity index (χ4v) is 3.40. The molecule has 4 rings (SSSR count). The Morgan fingerprint density at radius 1 is 1.09 bits per heavy atom. The topological polar surface area (TPSA) is 141 Å². The van der Waals surface area contributed by atoms with Gasteiger partial charge in [-0.3, -0.25) is 29.9 Å². The van der Waals surface area contributed by atoms with Gasteiger partial charge in [0.1, 0.15) is 17.9 Å². The summed E-state index contributed by atoms with van der Waals surface area (Å²) >= 11 is 0. The van der Waals surface area contributed by atoms with E-state index in [2.05, 4.69) is 5.32 Å². The van der Waals surface area contributed by atoms with E-state index in [1.807, 2.05) is 30.3 Å². The average Bonchev–Trinajstić information content (AvgIpc) is 3.37. The molecule has 1 aromatic heterocycles. The second-order valence-corrected chi connectivity index (χ2v) is 7.38. The Bertz CT molecular complexity index is 1320. The lowest BCUT2D eigenvalue weighted by atomic mass is 10.0. The minimum Gasteiger partial charge on any atom is -0.493 e. The molecule has 3 aromatic rings. The molecular formula is C24H19N3O8. The summed E-state index contributed by atoms with van der Waals surface area (Å²) < 4.78 is 16.2. The van der Waals surface area contributed by atoms with Crippen molar-refractivity contribution in [3.63, 3.8) is 0 Å². The number of hydrogen-bond donors (Lipinski definition) is 1. The van der Waals surface area contributed by atoms with Gasteiger partial charge in [-0.25, -0.2) is 4.79 Å². The van der Waals surface area contributed by atoms with Gasteiger partial charge in [-0.15, -0.1) is 0 Å². The van der Waals surface area contributed by atoms with E-state index < -0.39 is 34.0 Å². The molecule has 11 nitrogen and oxygen atoms in total. The van der Waals surface area contributed by atoms with Gasteiger partial charge in [0.2, 0.25) is 0 Å². The maximum absolute atomic E-state index is 12.9. The zero-order chi connectivity index (χ0) is 24.9. The number of carbonyl (C=O) groups is 3. The van der Waals surface area contributed by atoms with Gasteiger partial charge in [-0.05, 0) is 29.8 Å². The highest BCUT2D eigenvalue weighted by atomic mass is 16.6. The van der Waals surface area contributed by atoms with E-state index in [0.717, 1.165) is 22.6 Å². The van der Waals surface area contributed by atoms with E-state index in [9.17, 15) is 24.5 Å². The Balaban J connectivity index is 1.68. The van der Waals surface area contributed by atoms with Gasteiger partial charge in [-0.2, -0.15) is 0 Å². The van der Waals surface area contributed by atoms with Gasteiger partial charge in [0.05, 0.1) is 36.5 Å². The third-order valence-electron chi connectivity index (χ3n) is 5.13. The number of urea groups is 1. The summed E-state index contributed by atoms with van der Waals surface area (Å²) in [6.07, 6.45) is 2.42. The molecule has 1 aliphatic heterocycles. The maximum Gasteiger partial charge on any atom is 0.331 e. The molecule has 1 N–H and O–H groups in total. The summed E-state index contributed by atoms with van der Waals surface area (Å²) in [5, 5.41) is 13.9. The van der Waals surface area contributed by atoms with Crippen LogP contribution in [0.2, 0.25) is 0 Å². The lowest BCUT2D eigenvalue weighted by Crippen LogP contribution is -2.53. The van der Waals surface area contributed by atoms with Gasteiger partial charge in [0.25, 0.3) is 17.5 Å². The Morgan fingerprint density at radius 3 is 2.51 bits per heavy atom. The number of imide groups is 2. The normalized spacial score (nSPS) is 14.7. The Kier molecular flexibility index (Phi) is 6.58. The van der Waals surface area contributed by atoms with Crippen molar-refractivity contribution >= 4 is 29.6 Å². The molecule has 2 heterocycles. The number of nitro benzene ring substituents is 1. The van der Waals surface area contributed by atoms with Crippen molar-refractivity contribution in [2.24, 2.45) is 0 Å². The second-order valence-electron chi connectivity index (χ2n) is 7.38. The van der Waals surface area contributed by atoms with E-state index in [-0.39, 0.29) is 30.2 Å². The van der Waals surface area contributed by atoms with Gasteiger partial charge < -0.3 is 13.9 Å². The summed E-state index contributed by atoms with van der Waals surface area (Å²) in [4.78, 5) is 49.5. The molecule has 35 heavy (non-hydrogen) atoms. The van der Waals surface area contributed by atoms with Crippen molar-refractivity contribution in [3.05, 3.63) is 93.4 Å². The first-order valence-corrected chi connectivity index (χ1v) is 10.3. The minimum atomic E-state index is -0.978. The van der Waals surface area contributed by atoms with E-state index >= 15 is 0 Å². The summed E-state index contributed by atoms with van der Waals surface area (Å²) in [7, 11) is 1.36. The molecule has 1 saturated heterocycles. The number of nitrogens with zero attached hydrogens (tertiary/aromatic N) is 2. The number of hydrogen-bond acceptors (Lipinski definition) is 8. The van der Waals surface area contributed by atoms with Crippen LogP contribution in [-0.4, -0.2) is 34.8 Å². The van der Waals surface area contributed by atoms with Crippen LogP contribution in [0.15, 0.2) is 70.9 Å². The third-order valence-corrected chi connectivity index (χ3v) is 5.13. The maximum atomic E-state index is 12.9. The second kappa shape index (κ2) is 9.91. The Hall–Kier alpha value is -4.93. The first-order chi connectivity index (χ1) is 16.9. The summed E-state index contributed by atoms with van der Waals surface area (Å²) in [5.74, 6) is -1.32. The van der Waals surface area contributed by atoms with Crippen LogP contribution in [-0.2, 0) is 22.7 Å². The van der Waals surface area contributed by atoms with Crippen LogP contribution < -0.4 is 14.8 Å². The fourth-order valence-electron chi connectivity index (χ4n) is 3.40. The molecular weight excluding hydrogens is 458 g/mol. The number of amides is 4. The Labute approximate surface area is 198 Å². The minimum absolute atomic E-state index is 0.0790. The molecule has 0 radical (unpaired) electrons. The summed E-state index contributed by atoms with van der Waals surface area (Å²) in [6, 6.07) is 13.9. The molecule has 0 aliphatic carbocycles. The monoisotopic (exact) mass is 477 g/mol. The number of carbonyl (C=O) groups excluding carboxylic acids is 3. The number of nitrogens with one attached hydrogen (secondary N) is 1. The van der Waals surface area contributed by atoms with Gasteiger partial charge >= 0.3 is 6.03 Å². The van der Waals surface area contributed by atoms with E-state index in [4.69, 9.17) is 13.9 Å². The van der Waals surface area contributed by atoms with Crippen molar-refractivity contribution in [1.82, 2.24) is 10.2 Å². The van der Waals surface area contributed by atoms with Crippen LogP contribution in [0.1, 0.15) is 16.9 Å². The molecule has 0 spiro atoms. The first-order valence-electron chi connectivity index (χ1n) is 10.3. The van der Waals surface area contributed by atoms with Crippen LogP contribution in [0.25, 0.3) is 6.08 Å². The highest BCUT2D eigenvalue weighted by molar-refractivity contribution is 6.31. The molecule has 0 saturated carbocycles. The number of nitro groups is 1. The molecule has 1 fully saturated rings. The third kappa shape index (κ3) is 5.03. The SMILES string of the molecule is COc1cc(/C=C2\C(=O)NC(=O)N(Cc3ccco3)C2=O)c([N+](=O)[O-])cc1OCc1ccccc1. The van der Waals surface area contributed by atoms with Gasteiger partial charge in [0, 0.05) is 0 Å². The number of methoxy groups -OCH3 is 1. The van der Waals surface area contributed by atoms with Crippen LogP contribution in [0.4, 0.5) is 10.5 Å². The summed E-state index contributed by atoms with van der Waals surface area (Å²) in [5.41, 5.74) is -0.116. The lowest BCUT2D eigenvalue weighted by Gasteiger charge is -2.25. The van der Waals surface area contributed by atoms with Gasteiger partial charge in [0.15, 0.2) is 11.5 Å². The smallest absolute Gasteiger partial charge is 0.331 e. The van der Waals surface area contributed by atoms with Crippen LogP contribution in [0.5, 0.6) is 11.5 Å². The largest absolute Gasteiger partial charge is 0.493 e. The van der Waals surface area contributed by atoms with Crippen LogP contribution >= 0.6 is 0 Å². The molecule has 2 aromatic carbocycles. The molecule has 0 bridgehead atoms. The van der Waals surface area contributed by atoms with Gasteiger partial charge in [-0.1, -0.05) is 30.3 Å². The van der Waals surface area contributed by atoms with E-state index in [1.165, 1.54) is 19.4 Å². The van der Waals surface area contributed by atoms with Crippen molar-refractivity contribution in [2.45, 2.75) is 13.2 Å². The summed E-state index contributed by atoms with van der Waals surface area (Å²) in [6.45, 7) is -0.0838. The molecule has 4 amide bonds. The molecule has 11 heteroatoms. The highest BCUT2D eigenvalue weighted by Gasteiger charge is 2.37. The standard InChI is InChI=1S/C24H19N3O8/c1-33-20-11-16(19(27(31)32)12-21(20)35-14-15-6-3-2-4-7-15)10-18-22(28)25-24(30)26(23(18)29)13-17-8-5-9-34-17/h2-12H,13-14H2,1H3,(H,25,28,30)/b18-10+. The van der Waals surface area contributed by atoms with Crippen molar-refractivity contribution < 1.29 is 33.2 Å². The highest BCUT2D eigenvalue weighted by Crippen LogP contribution is 2.36. The zero-order valence-electron chi connectivity index (χ0n) is 18.4. The number of barbiturate groups is 1. The predicted octanol–water partition coefficient (Wildman–Crippen LogP) is 3.44. The molecule has 178 valence electrons. The zero-order valence-corrected chi connectivity index (χ0v) is 18.4. The quantitative estimate of drug-likeness (QED) is 0.225. The number of benzene rings is 2. The van der Waals surface area contributed by atoms with Crippen LogP contribution in [0, 0.1) is 10.1 Å². The molecule has 0 unspecified atom stereocenters. The van der Waals surface area contributed by atoms with E-state index in [1.54, 1.807) is 12.1 Å². The van der Waals surface area contributed by atoms with Crippen molar-refractivity contribution in [2.75, 3.05) is 7.11 Å². The van der Waals surface area contributed by atoms with Crippen molar-refractivity contribution in [1.29, 1.82) is 0 Å². The number of rotatable bonds is 8. The molecule has 1 aliphatic rings. The predicted molar refractivity (Wildman–Crippen MR) is 121 cm³/mol. The van der Waals surface area contributed by atoms with Crippen molar-refractivity contribution in [3.8, 4) is 11.5 Å². The molecule has 0 atom stereocenters. The van der Waals surface area contributed by atoms with Crippen LogP contribution in [0.3, 0.4) is 0 Å². The average molecular weight is 477 g/mol. The fraction of sp³-hybridized carbons (Fsp3) is 0.125.